The van der Waals surface area contributed by atoms with Crippen LogP contribution in [0.25, 0.3) is 0 Å². The summed E-state index contributed by atoms with van der Waals surface area (Å²) in [5, 5.41) is 0. The number of fused-ring (bicyclic) bond motifs is 5. The van der Waals surface area contributed by atoms with E-state index in [-0.39, 0.29) is 20.5 Å². The Morgan fingerprint density at radius 2 is 1.80 bits per heavy atom. The van der Waals surface area contributed by atoms with Crippen LogP contribution in [0, 0.1) is 34.5 Å². The molecule has 8 atom stereocenters. The Kier molecular flexibility index (Phi) is 4.80. The van der Waals surface area contributed by atoms with E-state index in [1.165, 1.54) is 25.7 Å². The molecule has 4 fully saturated rings. The Morgan fingerprint density at radius 1 is 1.04 bits per heavy atom. The van der Waals surface area contributed by atoms with Crippen LogP contribution >= 0.6 is 31.9 Å². The highest BCUT2D eigenvalue weighted by Crippen LogP contribution is 2.67. The molecule has 0 aromatic rings. The number of rotatable bonds is 2. The monoisotopic (exact) mass is 472 g/mol. The standard InChI is InChI=1S/C21H30Br2O2/c1-3-9-21-11-16(22)19(25)18(23)15(21)5-4-12-13-6-7-17(24)20(13,2)10-8-14(12)21/h12-16,18H,3-11H2,1-2H3/t12-,13-,14-,15-,16?,18?,20-,21+/m0/s1. The van der Waals surface area contributed by atoms with Gasteiger partial charge in [-0.3, -0.25) is 9.59 Å². The van der Waals surface area contributed by atoms with Crippen LogP contribution in [0.5, 0.6) is 0 Å². The van der Waals surface area contributed by atoms with Crippen molar-refractivity contribution in [2.75, 3.05) is 0 Å². The van der Waals surface area contributed by atoms with E-state index in [0.717, 1.165) is 32.1 Å². The van der Waals surface area contributed by atoms with E-state index in [0.29, 0.717) is 35.2 Å². The Labute approximate surface area is 168 Å². The highest BCUT2D eigenvalue weighted by Gasteiger charge is 2.63. The van der Waals surface area contributed by atoms with Gasteiger partial charge in [0.15, 0.2) is 5.78 Å². The van der Waals surface area contributed by atoms with Crippen molar-refractivity contribution in [3.05, 3.63) is 0 Å². The fraction of sp³-hybridized carbons (Fsp3) is 0.905. The van der Waals surface area contributed by atoms with Crippen LogP contribution in [0.15, 0.2) is 0 Å². The van der Waals surface area contributed by atoms with Crippen LogP contribution in [-0.4, -0.2) is 21.2 Å². The molecule has 4 rings (SSSR count). The third-order valence-corrected chi connectivity index (χ3v) is 10.5. The van der Waals surface area contributed by atoms with Gasteiger partial charge in [-0.15, -0.1) is 0 Å². The highest BCUT2D eigenvalue weighted by atomic mass is 79.9. The molecular formula is C21H30Br2O2. The number of halogens is 2. The Hall–Kier alpha value is 0.300. The molecule has 2 nitrogen and oxygen atoms in total. The van der Waals surface area contributed by atoms with Crippen molar-refractivity contribution >= 4 is 43.4 Å². The molecular weight excluding hydrogens is 444 g/mol. The molecule has 0 heterocycles. The molecule has 4 aliphatic rings. The molecule has 0 saturated heterocycles. The first-order valence-corrected chi connectivity index (χ1v) is 12.0. The van der Waals surface area contributed by atoms with Crippen molar-refractivity contribution in [2.24, 2.45) is 34.5 Å². The van der Waals surface area contributed by atoms with Crippen molar-refractivity contribution in [1.82, 2.24) is 0 Å². The van der Waals surface area contributed by atoms with Gasteiger partial charge < -0.3 is 0 Å². The quantitative estimate of drug-likeness (QED) is 0.482. The SMILES string of the molecule is CCC[C@]12CC(Br)C(=O)C(Br)[C@@H]1CC[C@@H]1[C@@H]2CC[C@]2(C)C(=O)CC[C@@H]12. The van der Waals surface area contributed by atoms with E-state index in [2.05, 4.69) is 45.7 Å². The molecule has 0 radical (unpaired) electrons. The van der Waals surface area contributed by atoms with Crippen molar-refractivity contribution in [3.8, 4) is 0 Å². The number of ketones is 2. The summed E-state index contributed by atoms with van der Waals surface area (Å²) in [6, 6.07) is 0. The zero-order valence-corrected chi connectivity index (χ0v) is 18.6. The normalized spacial score (nSPS) is 52.5. The van der Waals surface area contributed by atoms with E-state index >= 15 is 0 Å². The topological polar surface area (TPSA) is 34.1 Å². The fourth-order valence-corrected chi connectivity index (χ4v) is 9.95. The minimum absolute atomic E-state index is 0.00283. The zero-order valence-electron chi connectivity index (χ0n) is 15.4. The van der Waals surface area contributed by atoms with Gasteiger partial charge in [-0.25, -0.2) is 0 Å². The first-order valence-electron chi connectivity index (χ1n) is 10.2. The molecule has 2 unspecified atom stereocenters. The molecule has 4 heteroatoms. The molecule has 0 bridgehead atoms. The summed E-state index contributed by atoms with van der Waals surface area (Å²) >= 11 is 7.52. The first kappa shape index (κ1) is 18.7. The van der Waals surface area contributed by atoms with E-state index in [9.17, 15) is 9.59 Å². The van der Waals surface area contributed by atoms with Crippen LogP contribution < -0.4 is 0 Å². The lowest BCUT2D eigenvalue weighted by Gasteiger charge is -2.62. The van der Waals surface area contributed by atoms with Gasteiger partial charge in [-0.2, -0.15) is 0 Å². The van der Waals surface area contributed by atoms with E-state index in [4.69, 9.17) is 0 Å². The van der Waals surface area contributed by atoms with Crippen molar-refractivity contribution in [2.45, 2.75) is 81.3 Å². The molecule has 0 amide bonds. The number of carbonyl (C=O) groups excluding carboxylic acids is 2. The number of hydrogen-bond donors (Lipinski definition) is 0. The molecule has 0 spiro atoms. The molecule has 0 N–H and O–H groups in total. The number of carbonyl (C=O) groups is 2. The maximum Gasteiger partial charge on any atom is 0.160 e. The van der Waals surface area contributed by atoms with Crippen LogP contribution in [0.1, 0.15) is 71.6 Å². The summed E-state index contributed by atoms with van der Waals surface area (Å²) in [4.78, 5) is 25.2. The van der Waals surface area contributed by atoms with Crippen LogP contribution in [0.2, 0.25) is 0 Å². The number of Topliss-reactive ketones (excluding diaryl/α,β-unsaturated/α-hetero) is 2. The molecule has 0 aliphatic heterocycles. The summed E-state index contributed by atoms with van der Waals surface area (Å²) in [7, 11) is 0. The number of hydrogen-bond acceptors (Lipinski definition) is 2. The van der Waals surface area contributed by atoms with Gasteiger partial charge in [-0.05, 0) is 74.0 Å². The van der Waals surface area contributed by atoms with Crippen LogP contribution in [0.3, 0.4) is 0 Å². The summed E-state index contributed by atoms with van der Waals surface area (Å²) < 4.78 is 0. The maximum absolute atomic E-state index is 12.6. The molecule has 4 saturated carbocycles. The van der Waals surface area contributed by atoms with E-state index < -0.39 is 0 Å². The fourth-order valence-electron chi connectivity index (χ4n) is 7.59. The van der Waals surface area contributed by atoms with Gasteiger partial charge in [0, 0.05) is 11.8 Å². The minimum atomic E-state index is -0.0481. The summed E-state index contributed by atoms with van der Waals surface area (Å²) in [5.74, 6) is 3.35. The zero-order chi connectivity index (χ0) is 18.0. The highest BCUT2D eigenvalue weighted by molar-refractivity contribution is 9.10. The minimum Gasteiger partial charge on any atom is -0.299 e. The van der Waals surface area contributed by atoms with Gasteiger partial charge in [0.25, 0.3) is 0 Å². The average Bonchev–Trinajstić information content (AvgIpc) is 2.88. The summed E-state index contributed by atoms with van der Waals surface area (Å²) in [6.45, 7) is 4.55. The second-order valence-corrected chi connectivity index (χ2v) is 11.5. The largest absolute Gasteiger partial charge is 0.299 e. The lowest BCUT2D eigenvalue weighted by molar-refractivity contribution is -0.146. The lowest BCUT2D eigenvalue weighted by Crippen LogP contribution is -2.59. The second kappa shape index (κ2) is 6.43. The predicted octanol–water partition coefficient (Wildman–Crippen LogP) is 5.69. The second-order valence-electron chi connectivity index (χ2n) is 9.44. The van der Waals surface area contributed by atoms with E-state index in [1.807, 2.05) is 0 Å². The van der Waals surface area contributed by atoms with Gasteiger partial charge in [-0.1, -0.05) is 52.1 Å². The average molecular weight is 474 g/mol. The van der Waals surface area contributed by atoms with Gasteiger partial charge in [0.05, 0.1) is 9.65 Å². The predicted molar refractivity (Wildman–Crippen MR) is 107 cm³/mol. The van der Waals surface area contributed by atoms with E-state index in [1.54, 1.807) is 0 Å². The molecule has 140 valence electrons. The molecule has 0 aromatic heterocycles. The molecule has 25 heavy (non-hydrogen) atoms. The first-order chi connectivity index (χ1) is 11.8. The van der Waals surface area contributed by atoms with Crippen molar-refractivity contribution in [3.63, 3.8) is 0 Å². The lowest BCUT2D eigenvalue weighted by atomic mass is 9.44. The van der Waals surface area contributed by atoms with Gasteiger partial charge in [0.1, 0.15) is 5.78 Å². The van der Waals surface area contributed by atoms with Crippen LogP contribution in [0.4, 0.5) is 0 Å². The maximum atomic E-state index is 12.6. The summed E-state index contributed by atoms with van der Waals surface area (Å²) in [6.07, 6.45) is 9.97. The smallest absolute Gasteiger partial charge is 0.160 e. The molecule has 4 aliphatic carbocycles. The Balaban J connectivity index is 1.72. The molecule has 0 aromatic carbocycles. The Morgan fingerprint density at radius 3 is 2.52 bits per heavy atom. The summed E-state index contributed by atoms with van der Waals surface area (Å²) in [5.41, 5.74) is 0.231. The van der Waals surface area contributed by atoms with Gasteiger partial charge in [0.2, 0.25) is 0 Å². The Bertz CT molecular complexity index is 590. The van der Waals surface area contributed by atoms with Crippen LogP contribution in [-0.2, 0) is 9.59 Å². The van der Waals surface area contributed by atoms with Crippen molar-refractivity contribution in [1.29, 1.82) is 0 Å². The number of alkyl halides is 2. The third-order valence-electron chi connectivity index (χ3n) is 8.64. The van der Waals surface area contributed by atoms with Gasteiger partial charge >= 0.3 is 0 Å². The third kappa shape index (κ3) is 2.52. The van der Waals surface area contributed by atoms with Crippen molar-refractivity contribution < 1.29 is 9.59 Å².